The number of thioether (sulfide) groups is 1. The quantitative estimate of drug-likeness (QED) is 0.718. The topological polar surface area (TPSA) is 54.7 Å². The summed E-state index contributed by atoms with van der Waals surface area (Å²) in [6, 6.07) is 16.4. The van der Waals surface area contributed by atoms with Crippen molar-refractivity contribution in [3.63, 3.8) is 0 Å². The Morgan fingerprint density at radius 2 is 1.90 bits per heavy atom. The summed E-state index contributed by atoms with van der Waals surface area (Å²) in [5.41, 5.74) is 10.6. The Morgan fingerprint density at radius 3 is 2.65 bits per heavy atom. The maximum atomic E-state index is 5.95. The van der Waals surface area contributed by atoms with Crippen LogP contribution in [0.3, 0.4) is 0 Å². The van der Waals surface area contributed by atoms with Gasteiger partial charge in [-0.05, 0) is 30.2 Å². The fraction of sp³-hybridized carbons (Fsp3) is 0.188. The summed E-state index contributed by atoms with van der Waals surface area (Å²) >= 11 is 1.69. The molecular formula is C16H17N3S. The van der Waals surface area contributed by atoms with Gasteiger partial charge in [-0.3, -0.25) is 0 Å². The summed E-state index contributed by atoms with van der Waals surface area (Å²) in [5.74, 6) is 0. The molecule has 3 rings (SSSR count). The molecule has 0 saturated heterocycles. The number of aromatic amines is 1. The van der Waals surface area contributed by atoms with Gasteiger partial charge in [-0.1, -0.05) is 48.2 Å². The van der Waals surface area contributed by atoms with E-state index in [1.807, 2.05) is 24.3 Å². The lowest BCUT2D eigenvalue weighted by molar-refractivity contribution is 0.920. The number of nitrogens with one attached hydrogen (secondary N) is 1. The number of benzene rings is 2. The van der Waals surface area contributed by atoms with Crippen LogP contribution in [-0.4, -0.2) is 16.5 Å². The minimum atomic E-state index is 0.219. The van der Waals surface area contributed by atoms with Crippen LogP contribution in [-0.2, 0) is 0 Å². The van der Waals surface area contributed by atoms with Crippen molar-refractivity contribution in [3.8, 4) is 0 Å². The lowest BCUT2D eigenvalue weighted by atomic mass is 10.1. The maximum Gasteiger partial charge on any atom is 0.167 e. The molecule has 0 fully saturated rings. The van der Waals surface area contributed by atoms with Crippen molar-refractivity contribution in [1.82, 2.24) is 9.97 Å². The summed E-state index contributed by atoms with van der Waals surface area (Å²) in [7, 11) is 0. The smallest absolute Gasteiger partial charge is 0.167 e. The first-order chi connectivity index (χ1) is 9.78. The Kier molecular flexibility index (Phi) is 3.76. The van der Waals surface area contributed by atoms with Gasteiger partial charge in [0.1, 0.15) is 0 Å². The van der Waals surface area contributed by atoms with Crippen LogP contribution in [0.25, 0.3) is 11.0 Å². The van der Waals surface area contributed by atoms with Gasteiger partial charge in [-0.15, -0.1) is 0 Å². The third-order valence-electron chi connectivity index (χ3n) is 3.37. The van der Waals surface area contributed by atoms with Crippen LogP contribution in [0.1, 0.15) is 16.4 Å². The van der Waals surface area contributed by atoms with E-state index in [9.17, 15) is 0 Å². The Balaban J connectivity index is 1.90. The van der Waals surface area contributed by atoms with Gasteiger partial charge >= 0.3 is 0 Å². The fourth-order valence-corrected chi connectivity index (χ4v) is 3.38. The average Bonchev–Trinajstić information content (AvgIpc) is 2.88. The number of hydrogen-bond donors (Lipinski definition) is 2. The van der Waals surface area contributed by atoms with Crippen LogP contribution >= 0.6 is 11.8 Å². The van der Waals surface area contributed by atoms with Crippen molar-refractivity contribution in [3.05, 3.63) is 59.7 Å². The van der Waals surface area contributed by atoms with Crippen LogP contribution in [0.2, 0.25) is 0 Å². The molecule has 0 radical (unpaired) electrons. The van der Waals surface area contributed by atoms with E-state index < -0.39 is 0 Å². The highest BCUT2D eigenvalue weighted by Crippen LogP contribution is 2.35. The van der Waals surface area contributed by atoms with Gasteiger partial charge in [-0.25, -0.2) is 4.98 Å². The molecule has 4 heteroatoms. The normalized spacial score (nSPS) is 12.7. The molecule has 0 amide bonds. The van der Waals surface area contributed by atoms with Crippen molar-refractivity contribution in [1.29, 1.82) is 0 Å². The van der Waals surface area contributed by atoms with E-state index in [1.54, 1.807) is 11.8 Å². The first-order valence-electron chi connectivity index (χ1n) is 6.65. The van der Waals surface area contributed by atoms with E-state index in [-0.39, 0.29) is 5.25 Å². The molecule has 0 bridgehead atoms. The molecule has 102 valence electrons. The van der Waals surface area contributed by atoms with Crippen LogP contribution < -0.4 is 5.73 Å². The van der Waals surface area contributed by atoms with Crippen LogP contribution in [0.15, 0.2) is 53.7 Å². The zero-order valence-corrected chi connectivity index (χ0v) is 12.2. The number of aromatic nitrogens is 2. The van der Waals surface area contributed by atoms with Gasteiger partial charge in [0, 0.05) is 11.8 Å². The second kappa shape index (κ2) is 5.69. The molecule has 1 atom stereocenters. The molecule has 0 saturated carbocycles. The molecule has 3 N–H and O–H groups in total. The van der Waals surface area contributed by atoms with Crippen molar-refractivity contribution in [2.45, 2.75) is 17.3 Å². The molecule has 0 aliphatic rings. The Hall–Kier alpha value is -1.78. The number of nitrogens with two attached hydrogens (primary N) is 1. The van der Waals surface area contributed by atoms with Crippen molar-refractivity contribution in [2.24, 2.45) is 5.73 Å². The molecule has 3 aromatic rings. The Labute approximate surface area is 122 Å². The standard InChI is InChI=1S/C16H17N3S/c1-11-6-2-3-7-12(11)15(10-17)20-16-18-13-8-4-5-9-14(13)19-16/h2-9,15H,10,17H2,1H3,(H,18,19). The van der Waals surface area contributed by atoms with Gasteiger partial charge in [0.2, 0.25) is 0 Å². The van der Waals surface area contributed by atoms with Gasteiger partial charge < -0.3 is 10.7 Å². The highest BCUT2D eigenvalue weighted by atomic mass is 32.2. The van der Waals surface area contributed by atoms with Crippen LogP contribution in [0, 0.1) is 6.92 Å². The SMILES string of the molecule is Cc1ccccc1C(CN)Sc1nc2ccccc2[nH]1. The van der Waals surface area contributed by atoms with E-state index in [4.69, 9.17) is 5.73 Å². The summed E-state index contributed by atoms with van der Waals surface area (Å²) in [4.78, 5) is 7.95. The molecule has 1 aromatic heterocycles. The van der Waals surface area contributed by atoms with E-state index >= 15 is 0 Å². The number of H-pyrrole nitrogens is 1. The van der Waals surface area contributed by atoms with Gasteiger partial charge in [0.05, 0.1) is 11.0 Å². The summed E-state index contributed by atoms with van der Waals surface area (Å²) in [6.07, 6.45) is 0. The molecule has 0 spiro atoms. The number of para-hydroxylation sites is 2. The predicted molar refractivity (Wildman–Crippen MR) is 84.9 cm³/mol. The summed E-state index contributed by atoms with van der Waals surface area (Å²) < 4.78 is 0. The molecule has 0 aliphatic heterocycles. The van der Waals surface area contributed by atoms with Crippen molar-refractivity contribution < 1.29 is 0 Å². The number of aryl methyl sites for hydroxylation is 1. The third-order valence-corrected chi connectivity index (χ3v) is 4.52. The van der Waals surface area contributed by atoms with Crippen molar-refractivity contribution >= 4 is 22.8 Å². The summed E-state index contributed by atoms with van der Waals surface area (Å²) in [6.45, 7) is 2.71. The molecule has 1 heterocycles. The fourth-order valence-electron chi connectivity index (χ4n) is 2.31. The summed E-state index contributed by atoms with van der Waals surface area (Å²) in [5, 5.41) is 1.14. The number of fused-ring (bicyclic) bond motifs is 1. The Bertz CT molecular complexity index is 687. The molecule has 2 aromatic carbocycles. The van der Waals surface area contributed by atoms with Gasteiger partial charge in [0.25, 0.3) is 0 Å². The number of rotatable bonds is 4. The number of imidazole rings is 1. The van der Waals surface area contributed by atoms with Crippen LogP contribution in [0.5, 0.6) is 0 Å². The minimum absolute atomic E-state index is 0.219. The zero-order chi connectivity index (χ0) is 13.9. The zero-order valence-electron chi connectivity index (χ0n) is 11.3. The molecule has 0 aliphatic carbocycles. The van der Waals surface area contributed by atoms with Crippen LogP contribution in [0.4, 0.5) is 0 Å². The monoisotopic (exact) mass is 283 g/mol. The van der Waals surface area contributed by atoms with E-state index in [0.29, 0.717) is 6.54 Å². The average molecular weight is 283 g/mol. The molecule has 1 unspecified atom stereocenters. The van der Waals surface area contributed by atoms with E-state index in [0.717, 1.165) is 16.2 Å². The largest absolute Gasteiger partial charge is 0.333 e. The van der Waals surface area contributed by atoms with E-state index in [1.165, 1.54) is 11.1 Å². The highest BCUT2D eigenvalue weighted by molar-refractivity contribution is 7.99. The highest BCUT2D eigenvalue weighted by Gasteiger charge is 2.15. The first kappa shape index (κ1) is 13.2. The second-order valence-electron chi connectivity index (χ2n) is 4.76. The third kappa shape index (κ3) is 2.57. The lowest BCUT2D eigenvalue weighted by Crippen LogP contribution is -2.10. The first-order valence-corrected chi connectivity index (χ1v) is 7.53. The number of hydrogen-bond acceptors (Lipinski definition) is 3. The Morgan fingerprint density at radius 1 is 1.15 bits per heavy atom. The molecule has 20 heavy (non-hydrogen) atoms. The lowest BCUT2D eigenvalue weighted by Gasteiger charge is -2.15. The van der Waals surface area contributed by atoms with Gasteiger partial charge in [0.15, 0.2) is 5.16 Å². The van der Waals surface area contributed by atoms with Gasteiger partial charge in [-0.2, -0.15) is 0 Å². The maximum absolute atomic E-state index is 5.95. The second-order valence-corrected chi connectivity index (χ2v) is 5.95. The number of nitrogens with zero attached hydrogens (tertiary/aromatic N) is 1. The van der Waals surface area contributed by atoms with E-state index in [2.05, 4.69) is 41.2 Å². The molecule has 3 nitrogen and oxygen atoms in total. The predicted octanol–water partition coefficient (Wildman–Crippen LogP) is 3.66. The minimum Gasteiger partial charge on any atom is -0.333 e. The van der Waals surface area contributed by atoms with Crippen molar-refractivity contribution in [2.75, 3.05) is 6.54 Å². The molecular weight excluding hydrogens is 266 g/mol.